The average Bonchev–Trinajstić information content (AvgIpc) is 3.87. The van der Waals surface area contributed by atoms with E-state index in [0.717, 1.165) is 99.1 Å². The van der Waals surface area contributed by atoms with Gasteiger partial charge in [0.1, 0.15) is 11.2 Å². The van der Waals surface area contributed by atoms with Crippen LogP contribution in [0.3, 0.4) is 0 Å². The van der Waals surface area contributed by atoms with Crippen molar-refractivity contribution < 1.29 is 23.8 Å². The first kappa shape index (κ1) is 34.0. The van der Waals surface area contributed by atoms with Crippen LogP contribution >= 0.6 is 0 Å². The van der Waals surface area contributed by atoms with Gasteiger partial charge in [-0.15, -0.1) is 0 Å². The predicted octanol–water partition coefficient (Wildman–Crippen LogP) is 6.20. The molecule has 0 radical (unpaired) electrons. The number of para-hydroxylation sites is 1. The number of rotatable bonds is 6. The molecule has 9 atom stereocenters. The molecule has 1 aromatic heterocycles. The van der Waals surface area contributed by atoms with Gasteiger partial charge in [-0.2, -0.15) is 0 Å². The van der Waals surface area contributed by atoms with Crippen molar-refractivity contribution in [3.8, 4) is 5.75 Å². The van der Waals surface area contributed by atoms with Gasteiger partial charge in [-0.25, -0.2) is 0 Å². The number of fused-ring (bicyclic) bond motifs is 6. The molecule has 2 bridgehead atoms. The lowest BCUT2D eigenvalue weighted by atomic mass is 9.50. The van der Waals surface area contributed by atoms with E-state index in [-0.39, 0.29) is 46.7 Å². The van der Waals surface area contributed by atoms with Gasteiger partial charge in [0.2, 0.25) is 0 Å². The molecule has 3 aromatic rings. The molecule has 9 nitrogen and oxygen atoms in total. The van der Waals surface area contributed by atoms with E-state index in [2.05, 4.69) is 82.5 Å². The van der Waals surface area contributed by atoms with Gasteiger partial charge in [-0.1, -0.05) is 50.6 Å². The normalized spacial score (nSPS) is 35.9. The van der Waals surface area contributed by atoms with Crippen LogP contribution in [-0.4, -0.2) is 92.9 Å². The second-order valence-corrected chi connectivity index (χ2v) is 16.7. The van der Waals surface area contributed by atoms with Gasteiger partial charge in [-0.3, -0.25) is 14.5 Å². The molecule has 52 heavy (non-hydrogen) atoms. The molecule has 1 aliphatic carbocycles. The fourth-order valence-electron chi connectivity index (χ4n) is 12.6. The summed E-state index contributed by atoms with van der Waals surface area (Å²) in [6, 6.07) is 13.0. The number of ether oxygens (including phenoxy) is 3. The van der Waals surface area contributed by atoms with Gasteiger partial charge >= 0.3 is 11.9 Å². The Labute approximate surface area is 307 Å². The molecule has 1 spiro atoms. The summed E-state index contributed by atoms with van der Waals surface area (Å²) in [7, 11) is 4.78. The number of hydrogen-bond donors (Lipinski definition) is 2. The molecule has 6 heterocycles. The first-order valence-corrected chi connectivity index (χ1v) is 19.7. The number of methoxy groups -OCH3 is 3. The van der Waals surface area contributed by atoms with Gasteiger partial charge in [0.05, 0.1) is 33.3 Å². The lowest BCUT2D eigenvalue weighted by molar-refractivity contribution is -0.151. The Morgan fingerprint density at radius 1 is 1.00 bits per heavy atom. The lowest BCUT2D eigenvalue weighted by Gasteiger charge is -2.57. The van der Waals surface area contributed by atoms with Crippen LogP contribution in [0.25, 0.3) is 10.9 Å². The predicted molar refractivity (Wildman–Crippen MR) is 202 cm³/mol. The first-order chi connectivity index (χ1) is 25.3. The van der Waals surface area contributed by atoms with Crippen molar-refractivity contribution in [3.63, 3.8) is 0 Å². The Bertz CT molecular complexity index is 1950. The van der Waals surface area contributed by atoms with Crippen molar-refractivity contribution in [3.05, 3.63) is 70.9 Å². The van der Waals surface area contributed by atoms with Gasteiger partial charge in [-0.05, 0) is 80.2 Å². The van der Waals surface area contributed by atoms with Gasteiger partial charge in [0.15, 0.2) is 0 Å². The van der Waals surface area contributed by atoms with Crippen LogP contribution in [0, 0.1) is 23.2 Å². The minimum atomic E-state index is -1.14. The molecule has 9 heteroatoms. The van der Waals surface area contributed by atoms with Crippen LogP contribution in [-0.2, 0) is 36.3 Å². The maximum Gasteiger partial charge on any atom is 0.322 e. The van der Waals surface area contributed by atoms with Crippen LogP contribution < -0.4 is 10.1 Å². The topological polar surface area (TPSA) is 96.1 Å². The molecule has 3 fully saturated rings. The number of nitrogens with zero attached hydrogens (tertiary/aromatic N) is 2. The number of hydrogen-bond acceptors (Lipinski definition) is 8. The third-order valence-electron chi connectivity index (χ3n) is 14.7. The Morgan fingerprint density at radius 3 is 2.62 bits per heavy atom. The second-order valence-electron chi connectivity index (χ2n) is 16.7. The van der Waals surface area contributed by atoms with Crippen LogP contribution in [0.15, 0.2) is 48.6 Å². The highest BCUT2D eigenvalue weighted by Crippen LogP contribution is 2.65. The van der Waals surface area contributed by atoms with Crippen LogP contribution in [0.5, 0.6) is 5.75 Å². The van der Waals surface area contributed by atoms with Crippen molar-refractivity contribution in [2.45, 2.75) is 81.7 Å². The third-order valence-corrected chi connectivity index (χ3v) is 14.7. The second kappa shape index (κ2) is 12.4. The Balaban J connectivity index is 1.32. The van der Waals surface area contributed by atoms with E-state index >= 15 is 4.79 Å². The van der Waals surface area contributed by atoms with Crippen molar-refractivity contribution >= 4 is 28.5 Å². The number of anilines is 1. The monoisotopic (exact) mass is 706 g/mol. The zero-order chi connectivity index (χ0) is 36.0. The summed E-state index contributed by atoms with van der Waals surface area (Å²) in [6.07, 6.45) is 11.0. The van der Waals surface area contributed by atoms with Gasteiger partial charge < -0.3 is 29.4 Å². The van der Waals surface area contributed by atoms with Gasteiger partial charge in [0.25, 0.3) is 0 Å². The Hall–Kier alpha value is -3.82. The fraction of sp³-hybridized carbons (Fsp3) is 0.581. The van der Waals surface area contributed by atoms with E-state index in [1.54, 1.807) is 7.11 Å². The molecule has 2 aromatic carbocycles. The molecule has 9 rings (SSSR count). The summed E-state index contributed by atoms with van der Waals surface area (Å²) in [6.45, 7) is 9.44. The van der Waals surface area contributed by atoms with Crippen molar-refractivity contribution in [2.75, 3.05) is 59.4 Å². The van der Waals surface area contributed by atoms with E-state index in [4.69, 9.17) is 14.2 Å². The summed E-state index contributed by atoms with van der Waals surface area (Å²) in [4.78, 5) is 38.0. The summed E-state index contributed by atoms with van der Waals surface area (Å²) in [5.41, 5.74) is 4.55. The summed E-state index contributed by atoms with van der Waals surface area (Å²) in [5.74, 6) is 0.816. The van der Waals surface area contributed by atoms with Crippen molar-refractivity contribution in [1.82, 2.24) is 14.8 Å². The highest BCUT2D eigenvalue weighted by molar-refractivity contribution is 5.94. The van der Waals surface area contributed by atoms with E-state index in [1.807, 2.05) is 0 Å². The van der Waals surface area contributed by atoms with Crippen LogP contribution in [0.4, 0.5) is 5.69 Å². The summed E-state index contributed by atoms with van der Waals surface area (Å²) >= 11 is 0. The fourth-order valence-corrected chi connectivity index (χ4v) is 12.6. The maximum absolute atomic E-state index is 15.1. The van der Waals surface area contributed by atoms with E-state index in [1.165, 1.54) is 25.3 Å². The number of benzene rings is 2. The number of nitrogens with one attached hydrogen (secondary N) is 2. The Kier molecular flexibility index (Phi) is 8.08. The number of piperidine rings is 1. The molecule has 6 aliphatic rings. The van der Waals surface area contributed by atoms with Crippen LogP contribution in [0.2, 0.25) is 0 Å². The number of H-pyrrole nitrogens is 1. The standard InChI is InChI=1S/C43H54N4O5/c1-6-26-19-27-22-43(40(49)52-5,36-29(13-17-46(24-26)25-27)28-11-8-9-12-33(28)44-36)32-20-31-34(21-35(32)50-3)45-37-30(38(48)51-4)23-41(7-2)14-10-16-47-18-15-42(31,37)39(41)47/h8-12,14,20-21,26-27,30,37,39,44-45H,6-7,13,15-19,22-25H2,1-5H3/t26-,27-,30-,37-,39-,41-,42-,43-/m0/s1. The molecule has 276 valence electrons. The number of aromatic amines is 1. The van der Waals surface area contributed by atoms with E-state index < -0.39 is 5.41 Å². The van der Waals surface area contributed by atoms with Crippen molar-refractivity contribution in [2.24, 2.45) is 23.2 Å². The summed E-state index contributed by atoms with van der Waals surface area (Å²) in [5, 5.41) is 5.08. The number of carbonyl (C=O) groups excluding carboxylic acids is 2. The quantitative estimate of drug-likeness (QED) is 0.232. The lowest BCUT2D eigenvalue weighted by Crippen LogP contribution is -2.66. The molecule has 2 saturated heterocycles. The molecule has 1 unspecified atom stereocenters. The third kappa shape index (κ3) is 4.53. The SMILES string of the molecule is CC[C@H]1C[C@@H]2CN(CCc3c([nH]c4ccccc34)[C@@](C(=O)OC)(c3cc4c(cc3OC)N[C@H]3[C@@H](C(=O)OC)C[C@]5(CC)C=CCN6CC[C@]43[C@@H]65)C2)C1. The first-order valence-electron chi connectivity index (χ1n) is 19.7. The minimum Gasteiger partial charge on any atom is -0.496 e. The summed E-state index contributed by atoms with van der Waals surface area (Å²) < 4.78 is 17.9. The number of aromatic nitrogens is 1. The number of esters is 2. The van der Waals surface area contributed by atoms with E-state index in [0.29, 0.717) is 18.1 Å². The highest BCUT2D eigenvalue weighted by Gasteiger charge is 2.69. The average molecular weight is 707 g/mol. The molecular weight excluding hydrogens is 652 g/mol. The maximum atomic E-state index is 15.1. The molecular formula is C43H54N4O5. The van der Waals surface area contributed by atoms with E-state index in [9.17, 15) is 4.79 Å². The van der Waals surface area contributed by atoms with Gasteiger partial charge in [0, 0.05) is 77.0 Å². The highest BCUT2D eigenvalue weighted by atomic mass is 16.5. The van der Waals surface area contributed by atoms with Crippen molar-refractivity contribution in [1.29, 1.82) is 0 Å². The Morgan fingerprint density at radius 2 is 1.85 bits per heavy atom. The molecule has 1 saturated carbocycles. The molecule has 5 aliphatic heterocycles. The minimum absolute atomic E-state index is 0.133. The molecule has 0 amide bonds. The smallest absolute Gasteiger partial charge is 0.322 e. The zero-order valence-electron chi connectivity index (χ0n) is 31.4. The number of carbonyl (C=O) groups is 2. The van der Waals surface area contributed by atoms with Crippen LogP contribution in [0.1, 0.15) is 74.8 Å². The largest absolute Gasteiger partial charge is 0.496 e. The zero-order valence-corrected chi connectivity index (χ0v) is 31.4. The molecule has 2 N–H and O–H groups in total.